The lowest BCUT2D eigenvalue weighted by Crippen LogP contribution is -1.96. The molecule has 1 aromatic rings. The summed E-state index contributed by atoms with van der Waals surface area (Å²) in [6.07, 6.45) is 11.9. The maximum absolute atomic E-state index is 5.48. The first-order valence-corrected chi connectivity index (χ1v) is 6.88. The summed E-state index contributed by atoms with van der Waals surface area (Å²) in [6.45, 7) is 3.52. The highest BCUT2D eigenvalue weighted by atomic mass is 16.5. The molecule has 1 N–H and O–H groups in total. The number of imidazole rings is 1. The minimum atomic E-state index is 0.778. The van der Waals surface area contributed by atoms with Gasteiger partial charge >= 0.3 is 0 Å². The van der Waals surface area contributed by atoms with Gasteiger partial charge < -0.3 is 9.72 Å². The molecule has 0 atom stereocenters. The second kappa shape index (κ2) is 10.9. The van der Waals surface area contributed by atoms with Crippen molar-refractivity contribution in [2.45, 2.75) is 51.9 Å². The van der Waals surface area contributed by atoms with Crippen LogP contribution >= 0.6 is 0 Å². The number of aromatic nitrogens is 2. The van der Waals surface area contributed by atoms with E-state index in [0.29, 0.717) is 0 Å². The molecule has 1 heterocycles. The Morgan fingerprint density at radius 3 is 2.78 bits per heavy atom. The maximum Gasteiger partial charge on any atom is 0.0923 e. The lowest BCUT2D eigenvalue weighted by Gasteiger charge is -2.02. The van der Waals surface area contributed by atoms with E-state index < -0.39 is 0 Å². The number of hydrogen-bond acceptors (Lipinski definition) is 2. The van der Waals surface area contributed by atoms with Gasteiger partial charge in [0.15, 0.2) is 0 Å². The number of nitrogens with one attached hydrogen (secondary N) is 1. The molecular formula is C15H24N2O. The number of H-pyrrole nitrogens is 1. The number of nitrogens with zero attached hydrogens (tertiary/aromatic N) is 1. The van der Waals surface area contributed by atoms with Crippen LogP contribution in [-0.4, -0.2) is 23.2 Å². The summed E-state index contributed by atoms with van der Waals surface area (Å²) in [6, 6.07) is 0. The average molecular weight is 248 g/mol. The number of rotatable bonds is 10. The van der Waals surface area contributed by atoms with Gasteiger partial charge in [-0.05, 0) is 26.2 Å². The number of ether oxygens (including phenoxy) is 1. The zero-order valence-corrected chi connectivity index (χ0v) is 11.4. The van der Waals surface area contributed by atoms with E-state index in [1.807, 2.05) is 13.1 Å². The average Bonchev–Trinajstić information content (AvgIpc) is 2.89. The lowest BCUT2D eigenvalue weighted by molar-refractivity contribution is 0.135. The Morgan fingerprint density at radius 1 is 1.17 bits per heavy atom. The Balaban J connectivity index is 1.77. The summed E-state index contributed by atoms with van der Waals surface area (Å²) >= 11 is 0. The van der Waals surface area contributed by atoms with Crippen LogP contribution in [0.1, 0.15) is 51.1 Å². The molecule has 0 saturated heterocycles. The fraction of sp³-hybridized carbons (Fsp3) is 0.667. The Labute approximate surface area is 110 Å². The molecule has 0 unspecified atom stereocenters. The molecule has 18 heavy (non-hydrogen) atoms. The van der Waals surface area contributed by atoms with Crippen molar-refractivity contribution >= 4 is 0 Å². The molecule has 100 valence electrons. The van der Waals surface area contributed by atoms with Crippen molar-refractivity contribution in [2.75, 3.05) is 13.2 Å². The zero-order chi connectivity index (χ0) is 12.9. The number of hydrogen-bond donors (Lipinski definition) is 1. The molecule has 0 amide bonds. The highest BCUT2D eigenvalue weighted by molar-refractivity contribution is 4.94. The molecule has 0 radical (unpaired) electrons. The number of unbranched alkanes of at least 4 members (excludes halogenated alkanes) is 4. The fourth-order valence-electron chi connectivity index (χ4n) is 1.82. The third kappa shape index (κ3) is 7.92. The molecular weight excluding hydrogens is 224 g/mol. The van der Waals surface area contributed by atoms with Gasteiger partial charge in [-0.3, -0.25) is 0 Å². The molecule has 0 fully saturated rings. The molecule has 0 aliphatic carbocycles. The normalized spacial score (nSPS) is 10.1. The van der Waals surface area contributed by atoms with Crippen LogP contribution in [0.15, 0.2) is 12.5 Å². The van der Waals surface area contributed by atoms with Crippen LogP contribution in [0.4, 0.5) is 0 Å². The third-order valence-corrected chi connectivity index (χ3v) is 2.82. The van der Waals surface area contributed by atoms with Crippen LogP contribution in [0.5, 0.6) is 0 Å². The third-order valence-electron chi connectivity index (χ3n) is 2.82. The largest absolute Gasteiger partial charge is 0.380 e. The van der Waals surface area contributed by atoms with E-state index in [9.17, 15) is 0 Å². The highest BCUT2D eigenvalue weighted by Gasteiger charge is 1.95. The van der Waals surface area contributed by atoms with Gasteiger partial charge in [0.1, 0.15) is 0 Å². The van der Waals surface area contributed by atoms with Crippen molar-refractivity contribution in [1.29, 1.82) is 0 Å². The summed E-state index contributed by atoms with van der Waals surface area (Å²) in [4.78, 5) is 7.19. The van der Waals surface area contributed by atoms with Crippen molar-refractivity contribution in [3.05, 3.63) is 18.2 Å². The minimum Gasteiger partial charge on any atom is -0.380 e. The fourth-order valence-corrected chi connectivity index (χ4v) is 1.82. The molecule has 0 aliphatic heterocycles. The number of aromatic amines is 1. The molecule has 0 spiro atoms. The Morgan fingerprint density at radius 2 is 2.00 bits per heavy atom. The van der Waals surface area contributed by atoms with Crippen molar-refractivity contribution in [2.24, 2.45) is 0 Å². The van der Waals surface area contributed by atoms with Gasteiger partial charge in [0.05, 0.1) is 18.6 Å². The Kier molecular flexibility index (Phi) is 8.92. The highest BCUT2D eigenvalue weighted by Crippen LogP contribution is 2.06. The standard InChI is InChI=1S/C15H24N2O/c1-2-3-8-11-18-12-9-6-4-5-7-10-15-13-16-14-17-15/h13-14H,4-12H2,1H3,(H,16,17). The van der Waals surface area contributed by atoms with Gasteiger partial charge in [0.25, 0.3) is 0 Å². The van der Waals surface area contributed by atoms with Gasteiger partial charge in [0, 0.05) is 19.2 Å². The minimum absolute atomic E-state index is 0.778. The van der Waals surface area contributed by atoms with Crippen LogP contribution in [0.2, 0.25) is 0 Å². The van der Waals surface area contributed by atoms with Crippen LogP contribution in [0.25, 0.3) is 0 Å². The van der Waals surface area contributed by atoms with Crippen LogP contribution in [-0.2, 0) is 11.2 Å². The van der Waals surface area contributed by atoms with Crippen LogP contribution in [0.3, 0.4) is 0 Å². The van der Waals surface area contributed by atoms with E-state index >= 15 is 0 Å². The summed E-state index contributed by atoms with van der Waals surface area (Å²) in [7, 11) is 0. The Bertz CT molecular complexity index is 335. The summed E-state index contributed by atoms with van der Waals surface area (Å²) in [5.41, 5.74) is 1.18. The van der Waals surface area contributed by atoms with Crippen LogP contribution in [0, 0.1) is 11.8 Å². The van der Waals surface area contributed by atoms with Gasteiger partial charge in [0.2, 0.25) is 0 Å². The van der Waals surface area contributed by atoms with E-state index in [-0.39, 0.29) is 0 Å². The molecule has 0 saturated carbocycles. The zero-order valence-electron chi connectivity index (χ0n) is 11.4. The summed E-state index contributed by atoms with van der Waals surface area (Å²) < 4.78 is 5.48. The van der Waals surface area contributed by atoms with Gasteiger partial charge in [-0.2, -0.15) is 0 Å². The topological polar surface area (TPSA) is 37.9 Å². The van der Waals surface area contributed by atoms with Crippen LogP contribution < -0.4 is 0 Å². The quantitative estimate of drug-likeness (QED) is 0.509. The molecule has 1 aromatic heterocycles. The monoisotopic (exact) mass is 248 g/mol. The summed E-state index contributed by atoms with van der Waals surface area (Å²) in [5, 5.41) is 0. The van der Waals surface area contributed by atoms with Gasteiger partial charge in [-0.1, -0.05) is 19.3 Å². The lowest BCUT2D eigenvalue weighted by atomic mass is 10.1. The molecule has 0 aromatic carbocycles. The number of aryl methyl sites for hydroxylation is 1. The van der Waals surface area contributed by atoms with Crippen molar-refractivity contribution in [1.82, 2.24) is 9.97 Å². The second-order valence-electron chi connectivity index (χ2n) is 4.37. The molecule has 1 rings (SSSR count). The Hall–Kier alpha value is -1.27. The molecule has 3 heteroatoms. The van der Waals surface area contributed by atoms with E-state index in [2.05, 4.69) is 21.8 Å². The first-order chi connectivity index (χ1) is 8.93. The van der Waals surface area contributed by atoms with Gasteiger partial charge in [-0.25, -0.2) is 4.98 Å². The van der Waals surface area contributed by atoms with Crippen molar-refractivity contribution in [3.8, 4) is 11.8 Å². The van der Waals surface area contributed by atoms with E-state index in [0.717, 1.165) is 26.1 Å². The van der Waals surface area contributed by atoms with E-state index in [1.54, 1.807) is 6.33 Å². The maximum atomic E-state index is 5.48. The molecule has 0 aliphatic rings. The molecule has 0 bridgehead atoms. The SMILES string of the molecule is CC#CCCOCCCCCCCc1c[nH]cn1. The van der Waals surface area contributed by atoms with E-state index in [4.69, 9.17) is 4.74 Å². The van der Waals surface area contributed by atoms with Gasteiger partial charge in [-0.15, -0.1) is 11.8 Å². The predicted octanol–water partition coefficient (Wildman–Crippen LogP) is 3.33. The van der Waals surface area contributed by atoms with Crippen molar-refractivity contribution in [3.63, 3.8) is 0 Å². The first-order valence-electron chi connectivity index (χ1n) is 6.88. The molecule has 3 nitrogen and oxygen atoms in total. The summed E-state index contributed by atoms with van der Waals surface area (Å²) in [5.74, 6) is 5.86. The van der Waals surface area contributed by atoms with Crippen molar-refractivity contribution < 1.29 is 4.74 Å². The predicted molar refractivity (Wildman–Crippen MR) is 74.3 cm³/mol. The second-order valence-corrected chi connectivity index (χ2v) is 4.37. The first kappa shape index (κ1) is 14.8. The van der Waals surface area contributed by atoms with E-state index in [1.165, 1.54) is 37.8 Å². The smallest absolute Gasteiger partial charge is 0.0923 e.